The average Bonchev–Trinajstić information content (AvgIpc) is 2.65. The Kier molecular flexibility index (Phi) is 2.78. The number of carbonyl (C=O) groups is 1. The van der Waals surface area contributed by atoms with Gasteiger partial charge in [0.2, 0.25) is 0 Å². The molecule has 0 unspecified atom stereocenters. The van der Waals surface area contributed by atoms with Crippen LogP contribution in [0.25, 0.3) is 10.2 Å². The summed E-state index contributed by atoms with van der Waals surface area (Å²) in [4.78, 5) is 17.7. The van der Waals surface area contributed by atoms with E-state index in [1.807, 2.05) is 19.1 Å². The normalized spacial score (nSPS) is 10.6. The zero-order valence-corrected chi connectivity index (χ0v) is 10.0. The summed E-state index contributed by atoms with van der Waals surface area (Å²) in [5.74, 6) is 0.0244. The van der Waals surface area contributed by atoms with Crippen molar-refractivity contribution in [1.29, 1.82) is 0 Å². The highest BCUT2D eigenvalue weighted by Gasteiger charge is 2.11. The van der Waals surface area contributed by atoms with Crippen molar-refractivity contribution in [2.75, 3.05) is 19.3 Å². The van der Waals surface area contributed by atoms with Crippen molar-refractivity contribution >= 4 is 32.6 Å². The van der Waals surface area contributed by atoms with Gasteiger partial charge in [0.25, 0.3) is 5.91 Å². The van der Waals surface area contributed by atoms with E-state index in [-0.39, 0.29) is 5.91 Å². The van der Waals surface area contributed by atoms with Gasteiger partial charge in [-0.15, -0.1) is 0 Å². The Morgan fingerprint density at radius 3 is 3.00 bits per heavy atom. The molecule has 0 saturated heterocycles. The minimum Gasteiger partial charge on any atom is -0.375 e. The Morgan fingerprint density at radius 1 is 1.56 bits per heavy atom. The molecule has 1 aromatic carbocycles. The lowest BCUT2D eigenvalue weighted by Gasteiger charge is -2.13. The van der Waals surface area contributed by atoms with E-state index in [0.717, 1.165) is 10.2 Å². The standard InChI is InChI=1S/C11H13N3OS/c1-3-14(2)10(15)7-4-5-8-9(6-7)16-11(12)13-8/h4-6H,3H2,1-2H3,(H2,12,13). The van der Waals surface area contributed by atoms with E-state index >= 15 is 0 Å². The van der Waals surface area contributed by atoms with Gasteiger partial charge in [0.05, 0.1) is 10.2 Å². The number of amides is 1. The molecule has 1 aromatic heterocycles. The van der Waals surface area contributed by atoms with Crippen molar-refractivity contribution in [1.82, 2.24) is 9.88 Å². The van der Waals surface area contributed by atoms with Gasteiger partial charge in [-0.2, -0.15) is 0 Å². The number of nitrogens with two attached hydrogens (primary N) is 1. The Morgan fingerprint density at radius 2 is 2.31 bits per heavy atom. The number of hydrogen-bond donors (Lipinski definition) is 1. The molecule has 16 heavy (non-hydrogen) atoms. The van der Waals surface area contributed by atoms with Gasteiger partial charge >= 0.3 is 0 Å². The second-order valence-electron chi connectivity index (χ2n) is 3.55. The average molecular weight is 235 g/mol. The van der Waals surface area contributed by atoms with Crippen LogP contribution in [0.2, 0.25) is 0 Å². The monoisotopic (exact) mass is 235 g/mol. The number of nitrogens with zero attached hydrogens (tertiary/aromatic N) is 2. The Hall–Kier alpha value is -1.62. The van der Waals surface area contributed by atoms with Gasteiger partial charge < -0.3 is 10.6 Å². The first kappa shape index (κ1) is 10.9. The lowest BCUT2D eigenvalue weighted by atomic mass is 10.2. The van der Waals surface area contributed by atoms with Crippen molar-refractivity contribution in [3.05, 3.63) is 23.8 Å². The molecule has 2 N–H and O–H groups in total. The number of hydrogen-bond acceptors (Lipinski definition) is 4. The van der Waals surface area contributed by atoms with Gasteiger partial charge in [0, 0.05) is 19.2 Å². The number of nitrogen functional groups attached to an aromatic ring is 1. The Balaban J connectivity index is 2.42. The van der Waals surface area contributed by atoms with Gasteiger partial charge in [0.1, 0.15) is 0 Å². The van der Waals surface area contributed by atoms with Crippen LogP contribution in [0, 0.1) is 0 Å². The van der Waals surface area contributed by atoms with Crippen LogP contribution in [0.4, 0.5) is 5.13 Å². The quantitative estimate of drug-likeness (QED) is 0.865. The topological polar surface area (TPSA) is 59.2 Å². The van der Waals surface area contributed by atoms with E-state index in [4.69, 9.17) is 5.73 Å². The fourth-order valence-electron chi connectivity index (χ4n) is 1.44. The number of benzene rings is 1. The van der Waals surface area contributed by atoms with Gasteiger partial charge in [-0.25, -0.2) is 4.98 Å². The summed E-state index contributed by atoms with van der Waals surface area (Å²) in [6, 6.07) is 5.47. The summed E-state index contributed by atoms with van der Waals surface area (Å²) in [5.41, 5.74) is 7.14. The molecule has 4 nitrogen and oxygen atoms in total. The zero-order valence-electron chi connectivity index (χ0n) is 9.23. The SMILES string of the molecule is CCN(C)C(=O)c1ccc2nc(N)sc2c1. The molecular formula is C11H13N3OS. The molecular weight excluding hydrogens is 222 g/mol. The molecule has 0 atom stereocenters. The van der Waals surface area contributed by atoms with Crippen molar-refractivity contribution in [3.8, 4) is 0 Å². The van der Waals surface area contributed by atoms with Crippen molar-refractivity contribution in [2.45, 2.75) is 6.92 Å². The van der Waals surface area contributed by atoms with E-state index in [0.29, 0.717) is 17.2 Å². The van der Waals surface area contributed by atoms with Crippen molar-refractivity contribution in [3.63, 3.8) is 0 Å². The molecule has 0 saturated carbocycles. The van der Waals surface area contributed by atoms with E-state index in [1.54, 1.807) is 18.0 Å². The maximum absolute atomic E-state index is 11.9. The van der Waals surface area contributed by atoms with E-state index < -0.39 is 0 Å². The Labute approximate surface area is 97.7 Å². The van der Waals surface area contributed by atoms with Crippen LogP contribution in [-0.2, 0) is 0 Å². The number of aromatic nitrogens is 1. The summed E-state index contributed by atoms with van der Waals surface area (Å²) >= 11 is 1.40. The number of fused-ring (bicyclic) bond motifs is 1. The number of rotatable bonds is 2. The molecule has 0 fully saturated rings. The molecule has 0 spiro atoms. The Bertz CT molecular complexity index is 535. The molecule has 0 aliphatic heterocycles. The predicted molar refractivity (Wildman–Crippen MR) is 66.7 cm³/mol. The van der Waals surface area contributed by atoms with Gasteiger partial charge in [-0.1, -0.05) is 11.3 Å². The molecule has 2 rings (SSSR count). The summed E-state index contributed by atoms with van der Waals surface area (Å²) < 4.78 is 0.952. The number of thiazole rings is 1. The van der Waals surface area contributed by atoms with Gasteiger partial charge in [0.15, 0.2) is 5.13 Å². The van der Waals surface area contributed by atoms with Gasteiger partial charge in [-0.3, -0.25) is 4.79 Å². The second kappa shape index (κ2) is 4.09. The third-order valence-corrected chi connectivity index (χ3v) is 3.32. The van der Waals surface area contributed by atoms with Crippen LogP contribution in [0.3, 0.4) is 0 Å². The fourth-order valence-corrected chi connectivity index (χ4v) is 2.21. The maximum atomic E-state index is 11.9. The highest BCUT2D eigenvalue weighted by molar-refractivity contribution is 7.22. The first-order valence-electron chi connectivity index (χ1n) is 5.03. The molecule has 0 bridgehead atoms. The first-order chi connectivity index (χ1) is 7.61. The summed E-state index contributed by atoms with van der Waals surface area (Å²) in [5, 5.41) is 0.531. The maximum Gasteiger partial charge on any atom is 0.253 e. The van der Waals surface area contributed by atoms with E-state index in [9.17, 15) is 4.79 Å². The smallest absolute Gasteiger partial charge is 0.253 e. The van der Waals surface area contributed by atoms with Crippen molar-refractivity contribution < 1.29 is 4.79 Å². The lowest BCUT2D eigenvalue weighted by molar-refractivity contribution is 0.0802. The predicted octanol–water partition coefficient (Wildman–Crippen LogP) is 1.97. The first-order valence-corrected chi connectivity index (χ1v) is 5.85. The van der Waals surface area contributed by atoms with Crippen LogP contribution < -0.4 is 5.73 Å². The summed E-state index contributed by atoms with van der Waals surface area (Å²) in [7, 11) is 1.79. The summed E-state index contributed by atoms with van der Waals surface area (Å²) in [6.07, 6.45) is 0. The van der Waals surface area contributed by atoms with E-state index in [1.165, 1.54) is 11.3 Å². The molecule has 84 valence electrons. The second-order valence-corrected chi connectivity index (χ2v) is 4.62. The van der Waals surface area contributed by atoms with E-state index in [2.05, 4.69) is 4.98 Å². The molecule has 1 amide bonds. The van der Waals surface area contributed by atoms with Crippen LogP contribution in [0.15, 0.2) is 18.2 Å². The molecule has 0 aliphatic carbocycles. The molecule has 2 aromatic rings. The largest absolute Gasteiger partial charge is 0.375 e. The molecule has 5 heteroatoms. The highest BCUT2D eigenvalue weighted by Crippen LogP contribution is 2.24. The molecule has 1 heterocycles. The van der Waals surface area contributed by atoms with Gasteiger partial charge in [-0.05, 0) is 25.1 Å². The van der Waals surface area contributed by atoms with Crippen LogP contribution in [0.5, 0.6) is 0 Å². The van der Waals surface area contributed by atoms with Crippen molar-refractivity contribution in [2.24, 2.45) is 0 Å². The molecule has 0 aliphatic rings. The number of carbonyl (C=O) groups excluding carboxylic acids is 1. The molecule has 0 radical (unpaired) electrons. The van der Waals surface area contributed by atoms with Crippen LogP contribution >= 0.6 is 11.3 Å². The number of anilines is 1. The zero-order chi connectivity index (χ0) is 11.7. The minimum atomic E-state index is 0.0244. The summed E-state index contributed by atoms with van der Waals surface area (Å²) in [6.45, 7) is 2.64. The van der Waals surface area contributed by atoms with Crippen LogP contribution in [-0.4, -0.2) is 29.4 Å². The fraction of sp³-hybridized carbons (Fsp3) is 0.273. The minimum absolute atomic E-state index is 0.0244. The highest BCUT2D eigenvalue weighted by atomic mass is 32.1. The lowest BCUT2D eigenvalue weighted by Crippen LogP contribution is -2.26. The third-order valence-electron chi connectivity index (χ3n) is 2.47. The van der Waals surface area contributed by atoms with Crippen LogP contribution in [0.1, 0.15) is 17.3 Å². The third kappa shape index (κ3) is 1.86.